The SMILES string of the molecule is O=C(c1ccc(F)cc1)c1sc2cc(O)ccc2c1-c1ccc(OCCN2CCC2)cc1. The van der Waals surface area contributed by atoms with Crippen molar-refractivity contribution >= 4 is 27.2 Å². The Bertz CT molecular complexity index is 1260. The molecule has 0 spiro atoms. The number of nitrogens with zero attached hydrogens (tertiary/aromatic N) is 1. The van der Waals surface area contributed by atoms with Crippen molar-refractivity contribution < 1.29 is 19.0 Å². The van der Waals surface area contributed by atoms with Gasteiger partial charge in [-0.05, 0) is 79.7 Å². The molecule has 4 aromatic rings. The Hall–Kier alpha value is -3.22. The molecule has 1 aliphatic heterocycles. The predicted molar refractivity (Wildman–Crippen MR) is 125 cm³/mol. The number of fused-ring (bicyclic) bond motifs is 1. The number of ketones is 1. The minimum absolute atomic E-state index is 0.150. The van der Waals surface area contributed by atoms with Crippen LogP contribution in [-0.4, -0.2) is 42.0 Å². The lowest BCUT2D eigenvalue weighted by Crippen LogP contribution is -2.39. The fourth-order valence-electron chi connectivity index (χ4n) is 3.88. The van der Waals surface area contributed by atoms with Crippen LogP contribution in [0.5, 0.6) is 11.5 Å². The van der Waals surface area contributed by atoms with Crippen LogP contribution in [0.1, 0.15) is 21.7 Å². The topological polar surface area (TPSA) is 49.8 Å². The molecule has 0 amide bonds. The molecule has 3 aromatic carbocycles. The molecular formula is C26H22FNO3S. The van der Waals surface area contributed by atoms with Crippen LogP contribution in [0.25, 0.3) is 21.2 Å². The third kappa shape index (κ3) is 4.11. The highest BCUT2D eigenvalue weighted by atomic mass is 32.1. The van der Waals surface area contributed by atoms with Gasteiger partial charge in [0.2, 0.25) is 5.78 Å². The van der Waals surface area contributed by atoms with Crippen LogP contribution >= 0.6 is 11.3 Å². The van der Waals surface area contributed by atoms with Gasteiger partial charge in [0, 0.05) is 27.8 Å². The summed E-state index contributed by atoms with van der Waals surface area (Å²) in [7, 11) is 0. The zero-order valence-electron chi connectivity index (χ0n) is 17.4. The summed E-state index contributed by atoms with van der Waals surface area (Å²) in [4.78, 5) is 16.2. The Morgan fingerprint density at radius 1 is 1.03 bits per heavy atom. The Morgan fingerprint density at radius 2 is 1.78 bits per heavy atom. The molecular weight excluding hydrogens is 425 g/mol. The van der Waals surface area contributed by atoms with Gasteiger partial charge in [0.25, 0.3) is 0 Å². The van der Waals surface area contributed by atoms with Crippen LogP contribution in [0.15, 0.2) is 66.7 Å². The van der Waals surface area contributed by atoms with Crippen molar-refractivity contribution in [2.75, 3.05) is 26.2 Å². The van der Waals surface area contributed by atoms with Crippen LogP contribution in [0, 0.1) is 5.82 Å². The van der Waals surface area contributed by atoms with Crippen molar-refractivity contribution in [2.45, 2.75) is 6.42 Å². The molecule has 32 heavy (non-hydrogen) atoms. The highest BCUT2D eigenvalue weighted by molar-refractivity contribution is 7.21. The maximum Gasteiger partial charge on any atom is 0.203 e. The largest absolute Gasteiger partial charge is 0.508 e. The van der Waals surface area contributed by atoms with Gasteiger partial charge in [-0.3, -0.25) is 9.69 Å². The average Bonchev–Trinajstić information content (AvgIpc) is 3.14. The monoisotopic (exact) mass is 447 g/mol. The number of hydrogen-bond donors (Lipinski definition) is 1. The number of phenols is 1. The van der Waals surface area contributed by atoms with E-state index in [2.05, 4.69) is 4.90 Å². The van der Waals surface area contributed by atoms with E-state index in [-0.39, 0.29) is 17.3 Å². The number of hydrogen-bond acceptors (Lipinski definition) is 5. The molecule has 162 valence electrons. The summed E-state index contributed by atoms with van der Waals surface area (Å²) in [5.41, 5.74) is 2.13. The fourth-order valence-corrected chi connectivity index (χ4v) is 5.10. The van der Waals surface area contributed by atoms with Crippen LogP contribution in [0.2, 0.25) is 0 Å². The summed E-state index contributed by atoms with van der Waals surface area (Å²) in [6.07, 6.45) is 1.26. The molecule has 1 aromatic heterocycles. The molecule has 1 aliphatic rings. The number of phenolic OH excluding ortho intramolecular Hbond substituents is 1. The third-order valence-corrected chi connectivity index (χ3v) is 6.91. The summed E-state index contributed by atoms with van der Waals surface area (Å²) >= 11 is 1.33. The number of carbonyl (C=O) groups is 1. The van der Waals surface area contributed by atoms with E-state index in [0.29, 0.717) is 17.0 Å². The normalized spacial score (nSPS) is 13.8. The summed E-state index contributed by atoms with van der Waals surface area (Å²) < 4.78 is 20.0. The van der Waals surface area contributed by atoms with Gasteiger partial charge < -0.3 is 9.84 Å². The molecule has 0 atom stereocenters. The van der Waals surface area contributed by atoms with Crippen molar-refractivity contribution in [3.8, 4) is 22.6 Å². The average molecular weight is 448 g/mol. The van der Waals surface area contributed by atoms with Gasteiger partial charge >= 0.3 is 0 Å². The van der Waals surface area contributed by atoms with Gasteiger partial charge in [-0.15, -0.1) is 11.3 Å². The highest BCUT2D eigenvalue weighted by Crippen LogP contribution is 2.41. The lowest BCUT2D eigenvalue weighted by Gasteiger charge is -2.30. The van der Waals surface area contributed by atoms with E-state index >= 15 is 0 Å². The van der Waals surface area contributed by atoms with Crippen molar-refractivity contribution in [3.63, 3.8) is 0 Å². The maximum atomic E-state index is 13.4. The summed E-state index contributed by atoms with van der Waals surface area (Å²) in [6, 6.07) is 18.4. The van der Waals surface area contributed by atoms with Crippen molar-refractivity contribution in [2.24, 2.45) is 0 Å². The van der Waals surface area contributed by atoms with E-state index in [1.807, 2.05) is 30.3 Å². The number of rotatable bonds is 7. The number of aromatic hydroxyl groups is 1. The molecule has 0 radical (unpaired) electrons. The first-order valence-electron chi connectivity index (χ1n) is 10.6. The van der Waals surface area contributed by atoms with E-state index in [4.69, 9.17) is 4.74 Å². The second-order valence-corrected chi connectivity index (χ2v) is 8.94. The number of likely N-dealkylation sites (tertiary alicyclic amines) is 1. The van der Waals surface area contributed by atoms with Crippen LogP contribution in [0.3, 0.4) is 0 Å². The first-order chi connectivity index (χ1) is 15.6. The Morgan fingerprint density at radius 3 is 2.47 bits per heavy atom. The van der Waals surface area contributed by atoms with Gasteiger partial charge in [-0.2, -0.15) is 0 Å². The minimum Gasteiger partial charge on any atom is -0.508 e. The molecule has 6 heteroatoms. The van der Waals surface area contributed by atoms with Gasteiger partial charge in [-0.25, -0.2) is 4.39 Å². The number of halogens is 1. The van der Waals surface area contributed by atoms with Gasteiger partial charge in [0.1, 0.15) is 23.9 Å². The van der Waals surface area contributed by atoms with E-state index in [9.17, 15) is 14.3 Å². The van der Waals surface area contributed by atoms with Crippen molar-refractivity contribution in [3.05, 3.63) is 83.0 Å². The van der Waals surface area contributed by atoms with E-state index in [1.165, 1.54) is 42.0 Å². The van der Waals surface area contributed by atoms with E-state index in [1.54, 1.807) is 12.1 Å². The van der Waals surface area contributed by atoms with E-state index in [0.717, 1.165) is 46.6 Å². The van der Waals surface area contributed by atoms with Crippen LogP contribution in [0.4, 0.5) is 4.39 Å². The van der Waals surface area contributed by atoms with Gasteiger partial charge in [0.15, 0.2) is 0 Å². The minimum atomic E-state index is -0.382. The summed E-state index contributed by atoms with van der Waals surface area (Å²) in [6.45, 7) is 3.87. The molecule has 2 heterocycles. The third-order valence-electron chi connectivity index (χ3n) is 5.75. The Balaban J connectivity index is 1.48. The summed E-state index contributed by atoms with van der Waals surface area (Å²) in [5, 5.41) is 10.8. The predicted octanol–water partition coefficient (Wildman–Crippen LogP) is 5.73. The highest BCUT2D eigenvalue weighted by Gasteiger charge is 2.21. The van der Waals surface area contributed by atoms with Gasteiger partial charge in [0.05, 0.1) is 4.88 Å². The van der Waals surface area contributed by atoms with Crippen molar-refractivity contribution in [1.29, 1.82) is 0 Å². The fraction of sp³-hybridized carbons (Fsp3) is 0.192. The molecule has 1 fully saturated rings. The lowest BCUT2D eigenvalue weighted by molar-refractivity contribution is 0.104. The molecule has 0 bridgehead atoms. The number of carbonyl (C=O) groups excluding carboxylic acids is 1. The molecule has 5 rings (SSSR count). The zero-order valence-corrected chi connectivity index (χ0v) is 18.2. The smallest absolute Gasteiger partial charge is 0.203 e. The van der Waals surface area contributed by atoms with Gasteiger partial charge in [-0.1, -0.05) is 12.1 Å². The van der Waals surface area contributed by atoms with E-state index < -0.39 is 0 Å². The first-order valence-corrected chi connectivity index (χ1v) is 11.4. The van der Waals surface area contributed by atoms with Crippen LogP contribution < -0.4 is 4.74 Å². The Labute approximate surface area is 189 Å². The lowest BCUT2D eigenvalue weighted by atomic mass is 9.98. The second kappa shape index (κ2) is 8.73. The standard InChI is InChI=1S/C26H22FNO3S/c27-19-6-2-18(3-7-19)25(30)26-24(22-11-8-20(29)16-23(22)32-26)17-4-9-21(10-5-17)31-15-14-28-12-1-13-28/h2-11,16,29H,1,12-15H2. The van der Waals surface area contributed by atoms with Crippen molar-refractivity contribution in [1.82, 2.24) is 4.90 Å². The number of ether oxygens (including phenoxy) is 1. The first kappa shape index (κ1) is 20.7. The molecule has 1 saturated heterocycles. The second-order valence-electron chi connectivity index (χ2n) is 7.89. The summed E-state index contributed by atoms with van der Waals surface area (Å²) in [5.74, 6) is 0.387. The van der Waals surface area contributed by atoms with Crippen LogP contribution in [-0.2, 0) is 0 Å². The molecule has 0 aliphatic carbocycles. The number of benzene rings is 3. The molecule has 4 nitrogen and oxygen atoms in total. The maximum absolute atomic E-state index is 13.4. The molecule has 0 saturated carbocycles. The zero-order chi connectivity index (χ0) is 22.1. The quantitative estimate of drug-likeness (QED) is 0.368. The number of thiophene rings is 1. The molecule has 0 unspecified atom stereocenters. The Kier molecular flexibility index (Phi) is 5.64. The molecule has 1 N–H and O–H groups in total.